The van der Waals surface area contributed by atoms with Gasteiger partial charge in [-0.05, 0) is 36.1 Å². The Balaban J connectivity index is 1.47. The second-order valence-corrected chi connectivity index (χ2v) is 6.81. The third kappa shape index (κ3) is 4.53. The summed E-state index contributed by atoms with van der Waals surface area (Å²) in [5.74, 6) is 0.318. The molecule has 1 N–H and O–H groups in total. The second-order valence-electron chi connectivity index (χ2n) is 6.81. The summed E-state index contributed by atoms with van der Waals surface area (Å²) in [4.78, 5) is 16.7. The molecule has 25 heavy (non-hydrogen) atoms. The van der Waals surface area contributed by atoms with Crippen LogP contribution >= 0.6 is 0 Å². The molecule has 0 aromatic heterocycles. The highest BCUT2D eigenvalue weighted by Crippen LogP contribution is 2.18. The van der Waals surface area contributed by atoms with Crippen molar-refractivity contribution in [3.05, 3.63) is 65.7 Å². The number of nitrogens with zero attached hydrogens (tertiary/aromatic N) is 2. The summed E-state index contributed by atoms with van der Waals surface area (Å²) >= 11 is 0. The molecule has 1 heterocycles. The maximum atomic E-state index is 12.4. The van der Waals surface area contributed by atoms with Crippen molar-refractivity contribution in [2.75, 3.05) is 37.6 Å². The molecule has 0 saturated carbocycles. The Hall–Kier alpha value is -2.49. The molecule has 1 unspecified atom stereocenters. The molecule has 2 amide bonds. The monoisotopic (exact) mass is 337 g/mol. The summed E-state index contributed by atoms with van der Waals surface area (Å²) in [6.07, 6.45) is 0. The minimum atomic E-state index is 0.0478. The van der Waals surface area contributed by atoms with Gasteiger partial charge in [0, 0.05) is 38.4 Å². The number of carbonyl (C=O) groups is 1. The van der Waals surface area contributed by atoms with Gasteiger partial charge in [0.1, 0.15) is 0 Å². The van der Waals surface area contributed by atoms with Crippen LogP contribution in [-0.4, -0.2) is 43.7 Å². The third-order valence-electron chi connectivity index (χ3n) is 4.86. The lowest BCUT2D eigenvalue weighted by Crippen LogP contribution is -2.52. The minimum Gasteiger partial charge on any atom is -0.368 e. The van der Waals surface area contributed by atoms with Gasteiger partial charge < -0.3 is 15.1 Å². The van der Waals surface area contributed by atoms with E-state index in [-0.39, 0.29) is 6.03 Å². The molecule has 1 aliphatic rings. The number of rotatable bonds is 4. The molecule has 3 rings (SSSR count). The van der Waals surface area contributed by atoms with E-state index in [0.29, 0.717) is 12.5 Å². The zero-order chi connectivity index (χ0) is 17.6. The maximum absolute atomic E-state index is 12.4. The van der Waals surface area contributed by atoms with Crippen LogP contribution in [0.3, 0.4) is 0 Å². The van der Waals surface area contributed by atoms with Gasteiger partial charge in [-0.15, -0.1) is 0 Å². The summed E-state index contributed by atoms with van der Waals surface area (Å²) in [5.41, 5.74) is 3.78. The molecule has 0 aliphatic carbocycles. The third-order valence-corrected chi connectivity index (χ3v) is 4.86. The predicted octanol–water partition coefficient (Wildman–Crippen LogP) is 3.63. The van der Waals surface area contributed by atoms with Crippen LogP contribution in [-0.2, 0) is 0 Å². The van der Waals surface area contributed by atoms with Crippen LogP contribution in [0.2, 0.25) is 0 Å². The molecule has 0 radical (unpaired) electrons. The molecule has 132 valence electrons. The lowest BCUT2D eigenvalue weighted by atomic mass is 10.0. The van der Waals surface area contributed by atoms with Crippen molar-refractivity contribution < 1.29 is 4.79 Å². The van der Waals surface area contributed by atoms with Crippen LogP contribution in [0.1, 0.15) is 24.0 Å². The standard InChI is InChI=1S/C21H27N3O/c1-17-7-6-10-20(15-17)23-11-13-24(14-12-23)21(25)22-16-18(2)19-8-4-3-5-9-19/h3-10,15,18H,11-14,16H2,1-2H3,(H,22,25). The van der Waals surface area contributed by atoms with Gasteiger partial charge in [0.2, 0.25) is 0 Å². The summed E-state index contributed by atoms with van der Waals surface area (Å²) in [6, 6.07) is 18.9. The number of aryl methyl sites for hydroxylation is 1. The lowest BCUT2D eigenvalue weighted by Gasteiger charge is -2.36. The molecular weight excluding hydrogens is 310 g/mol. The number of hydrogen-bond acceptors (Lipinski definition) is 2. The second kappa shape index (κ2) is 8.06. The molecule has 1 saturated heterocycles. The van der Waals surface area contributed by atoms with E-state index in [1.165, 1.54) is 16.8 Å². The fourth-order valence-corrected chi connectivity index (χ4v) is 3.24. The molecule has 2 aromatic rings. The molecule has 0 bridgehead atoms. The van der Waals surface area contributed by atoms with Crippen LogP contribution < -0.4 is 10.2 Å². The zero-order valence-electron chi connectivity index (χ0n) is 15.1. The predicted molar refractivity (Wildman–Crippen MR) is 103 cm³/mol. The summed E-state index contributed by atoms with van der Waals surface area (Å²) in [5, 5.41) is 3.08. The molecule has 1 atom stereocenters. The lowest BCUT2D eigenvalue weighted by molar-refractivity contribution is 0.194. The van der Waals surface area contributed by atoms with Crippen LogP contribution in [0.5, 0.6) is 0 Å². The quantitative estimate of drug-likeness (QED) is 0.925. The number of urea groups is 1. The highest BCUT2D eigenvalue weighted by molar-refractivity contribution is 5.74. The molecule has 4 heteroatoms. The normalized spacial score (nSPS) is 15.8. The topological polar surface area (TPSA) is 35.6 Å². The highest BCUT2D eigenvalue weighted by atomic mass is 16.2. The molecule has 2 aromatic carbocycles. The van der Waals surface area contributed by atoms with Gasteiger partial charge in [-0.3, -0.25) is 0 Å². The van der Waals surface area contributed by atoms with Gasteiger partial charge in [-0.2, -0.15) is 0 Å². The first-order chi connectivity index (χ1) is 12.1. The van der Waals surface area contributed by atoms with E-state index in [2.05, 4.69) is 60.5 Å². The number of carbonyl (C=O) groups excluding carboxylic acids is 1. The van der Waals surface area contributed by atoms with Gasteiger partial charge in [0.05, 0.1) is 0 Å². The van der Waals surface area contributed by atoms with Crippen molar-refractivity contribution in [3.8, 4) is 0 Å². The number of anilines is 1. The van der Waals surface area contributed by atoms with Crippen molar-refractivity contribution in [2.24, 2.45) is 0 Å². The molecule has 0 spiro atoms. The number of piperazine rings is 1. The van der Waals surface area contributed by atoms with E-state index >= 15 is 0 Å². The SMILES string of the molecule is Cc1cccc(N2CCN(C(=O)NCC(C)c3ccccc3)CC2)c1. The van der Waals surface area contributed by atoms with Crippen molar-refractivity contribution in [1.29, 1.82) is 0 Å². The summed E-state index contributed by atoms with van der Waals surface area (Å²) in [7, 11) is 0. The van der Waals surface area contributed by atoms with Gasteiger partial charge in [-0.1, -0.05) is 49.4 Å². The van der Waals surface area contributed by atoms with E-state index in [9.17, 15) is 4.79 Å². The van der Waals surface area contributed by atoms with Crippen molar-refractivity contribution in [3.63, 3.8) is 0 Å². The van der Waals surface area contributed by atoms with E-state index < -0.39 is 0 Å². The molecular formula is C21H27N3O. The Labute approximate surface area is 150 Å². The Bertz CT molecular complexity index is 693. The van der Waals surface area contributed by atoms with E-state index in [1.54, 1.807) is 0 Å². The number of hydrogen-bond donors (Lipinski definition) is 1. The van der Waals surface area contributed by atoms with Crippen LogP contribution in [0.15, 0.2) is 54.6 Å². The number of benzene rings is 2. The minimum absolute atomic E-state index is 0.0478. The Morgan fingerprint density at radius 3 is 2.44 bits per heavy atom. The van der Waals surface area contributed by atoms with Gasteiger partial charge in [-0.25, -0.2) is 4.79 Å². The van der Waals surface area contributed by atoms with Crippen LogP contribution in [0, 0.1) is 6.92 Å². The van der Waals surface area contributed by atoms with Gasteiger partial charge in [0.25, 0.3) is 0 Å². The molecule has 1 fully saturated rings. The van der Waals surface area contributed by atoms with E-state index in [0.717, 1.165) is 26.2 Å². The fourth-order valence-electron chi connectivity index (χ4n) is 3.24. The molecule has 1 aliphatic heterocycles. The average Bonchev–Trinajstić information content (AvgIpc) is 2.66. The first-order valence-corrected chi connectivity index (χ1v) is 9.03. The number of nitrogens with one attached hydrogen (secondary N) is 1. The zero-order valence-corrected chi connectivity index (χ0v) is 15.1. The first-order valence-electron chi connectivity index (χ1n) is 9.03. The Morgan fingerprint density at radius 1 is 1.04 bits per heavy atom. The van der Waals surface area contributed by atoms with E-state index in [4.69, 9.17) is 0 Å². The Kier molecular flexibility index (Phi) is 5.59. The fraction of sp³-hybridized carbons (Fsp3) is 0.381. The maximum Gasteiger partial charge on any atom is 0.317 e. The van der Waals surface area contributed by atoms with Crippen molar-refractivity contribution >= 4 is 11.7 Å². The summed E-state index contributed by atoms with van der Waals surface area (Å²) < 4.78 is 0. The smallest absolute Gasteiger partial charge is 0.317 e. The van der Waals surface area contributed by atoms with Crippen LogP contribution in [0.25, 0.3) is 0 Å². The largest absolute Gasteiger partial charge is 0.368 e. The Morgan fingerprint density at radius 2 is 1.76 bits per heavy atom. The first kappa shape index (κ1) is 17.3. The average molecular weight is 337 g/mol. The van der Waals surface area contributed by atoms with Crippen molar-refractivity contribution in [2.45, 2.75) is 19.8 Å². The van der Waals surface area contributed by atoms with Crippen LogP contribution in [0.4, 0.5) is 10.5 Å². The van der Waals surface area contributed by atoms with Gasteiger partial charge >= 0.3 is 6.03 Å². The number of amides is 2. The molecule has 4 nitrogen and oxygen atoms in total. The highest BCUT2D eigenvalue weighted by Gasteiger charge is 2.21. The van der Waals surface area contributed by atoms with E-state index in [1.807, 2.05) is 23.1 Å². The summed E-state index contributed by atoms with van der Waals surface area (Å²) in [6.45, 7) is 8.21. The van der Waals surface area contributed by atoms with Crippen molar-refractivity contribution in [1.82, 2.24) is 10.2 Å². The van der Waals surface area contributed by atoms with Gasteiger partial charge in [0.15, 0.2) is 0 Å².